The Hall–Kier alpha value is -2.20. The lowest BCUT2D eigenvalue weighted by molar-refractivity contribution is -0.486. The number of nitrogens with zero attached hydrogens (tertiary/aromatic N) is 4. The monoisotopic (exact) mass is 426 g/mol. The van der Waals surface area contributed by atoms with Crippen LogP contribution in [-0.4, -0.2) is 59.7 Å². The molecule has 140 valence electrons. The normalized spacial score (nSPS) is 21.4. The standard InChI is InChI=1S/C16H19BrN4O5/c17-14-3-1-12(2-4-14)11-26-16(22)20-7-6-19(15(20)18-21(23)24)9-13-5-8-25-10-13/h1-4,13H,5-11H2. The number of hydrazone groups is 1. The summed E-state index contributed by atoms with van der Waals surface area (Å²) in [7, 11) is 0. The highest BCUT2D eigenvalue weighted by molar-refractivity contribution is 9.10. The van der Waals surface area contributed by atoms with E-state index in [0.717, 1.165) is 16.5 Å². The van der Waals surface area contributed by atoms with Crippen molar-refractivity contribution >= 4 is 28.0 Å². The van der Waals surface area contributed by atoms with Crippen LogP contribution < -0.4 is 0 Å². The number of benzene rings is 1. The number of carbonyl (C=O) groups excluding carboxylic acids is 1. The van der Waals surface area contributed by atoms with E-state index >= 15 is 0 Å². The van der Waals surface area contributed by atoms with Gasteiger partial charge in [0.05, 0.1) is 13.2 Å². The minimum absolute atomic E-state index is 0.0303. The quantitative estimate of drug-likeness (QED) is 0.529. The number of halogens is 1. The Bertz CT molecular complexity index is 690. The number of nitro groups is 1. The van der Waals surface area contributed by atoms with Gasteiger partial charge in [-0.2, -0.15) is 0 Å². The van der Waals surface area contributed by atoms with Crippen molar-refractivity contribution in [1.82, 2.24) is 9.80 Å². The highest BCUT2D eigenvalue weighted by Gasteiger charge is 2.36. The molecule has 2 aliphatic rings. The van der Waals surface area contributed by atoms with Gasteiger partial charge in [-0.3, -0.25) is 0 Å². The minimum Gasteiger partial charge on any atom is -0.444 e. The number of amides is 1. The molecule has 26 heavy (non-hydrogen) atoms. The summed E-state index contributed by atoms with van der Waals surface area (Å²) >= 11 is 3.34. The fraction of sp³-hybridized carbons (Fsp3) is 0.500. The summed E-state index contributed by atoms with van der Waals surface area (Å²) in [5.74, 6) is 0.313. The maximum absolute atomic E-state index is 12.4. The molecule has 0 aliphatic carbocycles. The number of hydrogen-bond donors (Lipinski definition) is 0. The van der Waals surface area contributed by atoms with Crippen LogP contribution in [0.15, 0.2) is 33.8 Å². The Morgan fingerprint density at radius 3 is 2.81 bits per heavy atom. The number of guanidine groups is 1. The van der Waals surface area contributed by atoms with E-state index in [1.54, 1.807) is 4.90 Å². The highest BCUT2D eigenvalue weighted by atomic mass is 79.9. The van der Waals surface area contributed by atoms with Crippen LogP contribution >= 0.6 is 15.9 Å². The minimum atomic E-state index is -0.784. The van der Waals surface area contributed by atoms with Crippen molar-refractivity contribution in [2.24, 2.45) is 11.0 Å². The van der Waals surface area contributed by atoms with E-state index in [1.807, 2.05) is 24.3 Å². The molecule has 0 spiro atoms. The van der Waals surface area contributed by atoms with E-state index < -0.39 is 11.1 Å². The molecule has 2 saturated heterocycles. The van der Waals surface area contributed by atoms with E-state index in [4.69, 9.17) is 9.47 Å². The molecule has 1 unspecified atom stereocenters. The lowest BCUT2D eigenvalue weighted by Crippen LogP contribution is -2.40. The highest BCUT2D eigenvalue weighted by Crippen LogP contribution is 2.19. The first-order valence-electron chi connectivity index (χ1n) is 8.27. The zero-order chi connectivity index (χ0) is 18.5. The summed E-state index contributed by atoms with van der Waals surface area (Å²) in [6.07, 6.45) is 0.259. The Labute approximate surface area is 158 Å². The summed E-state index contributed by atoms with van der Waals surface area (Å²) in [6.45, 7) is 2.76. The summed E-state index contributed by atoms with van der Waals surface area (Å²) in [4.78, 5) is 26.3. The molecule has 1 atom stereocenters. The molecule has 0 saturated carbocycles. The van der Waals surface area contributed by atoms with E-state index in [-0.39, 0.29) is 18.5 Å². The van der Waals surface area contributed by atoms with Crippen LogP contribution in [-0.2, 0) is 16.1 Å². The third kappa shape index (κ3) is 4.70. The molecule has 0 aromatic heterocycles. The van der Waals surface area contributed by atoms with Gasteiger partial charge in [-0.1, -0.05) is 28.1 Å². The SMILES string of the molecule is O=C(OCc1ccc(Br)cc1)N1CCN(CC2CCOC2)C1=N[N+](=O)[O-]. The molecule has 1 aromatic rings. The smallest absolute Gasteiger partial charge is 0.417 e. The third-order valence-electron chi connectivity index (χ3n) is 4.29. The molecule has 2 heterocycles. The Morgan fingerprint density at radius 2 is 2.15 bits per heavy atom. The molecule has 1 aromatic carbocycles. The Kier molecular flexibility index (Phi) is 6.04. The van der Waals surface area contributed by atoms with Gasteiger partial charge >= 0.3 is 6.09 Å². The lowest BCUT2D eigenvalue weighted by Gasteiger charge is -2.21. The molecule has 1 amide bonds. The van der Waals surface area contributed by atoms with Crippen molar-refractivity contribution in [3.05, 3.63) is 44.4 Å². The Balaban J connectivity index is 1.63. The van der Waals surface area contributed by atoms with Crippen LogP contribution in [0.1, 0.15) is 12.0 Å². The first-order chi connectivity index (χ1) is 12.5. The Morgan fingerprint density at radius 1 is 1.38 bits per heavy atom. The van der Waals surface area contributed by atoms with Crippen LogP contribution in [0.25, 0.3) is 0 Å². The molecular formula is C16H19BrN4O5. The first kappa shape index (κ1) is 18.6. The van der Waals surface area contributed by atoms with Gasteiger partial charge in [-0.25, -0.2) is 19.8 Å². The summed E-state index contributed by atoms with van der Waals surface area (Å²) < 4.78 is 11.6. The van der Waals surface area contributed by atoms with Crippen LogP contribution in [0.5, 0.6) is 0 Å². The van der Waals surface area contributed by atoms with Gasteiger partial charge in [-0.15, -0.1) is 0 Å². The number of hydrogen-bond acceptors (Lipinski definition) is 5. The van der Waals surface area contributed by atoms with Crippen LogP contribution in [0.2, 0.25) is 0 Å². The fourth-order valence-electron chi connectivity index (χ4n) is 2.97. The van der Waals surface area contributed by atoms with Crippen LogP contribution in [0, 0.1) is 16.0 Å². The number of rotatable bonds is 5. The molecule has 2 aliphatic heterocycles. The van der Waals surface area contributed by atoms with Crippen molar-refractivity contribution in [3.8, 4) is 0 Å². The second-order valence-electron chi connectivity index (χ2n) is 6.15. The lowest BCUT2D eigenvalue weighted by atomic mass is 10.1. The molecule has 0 N–H and O–H groups in total. The van der Waals surface area contributed by atoms with Crippen molar-refractivity contribution in [2.45, 2.75) is 13.0 Å². The maximum atomic E-state index is 12.4. The first-order valence-corrected chi connectivity index (χ1v) is 9.06. The van der Waals surface area contributed by atoms with Gasteiger partial charge in [0.2, 0.25) is 0 Å². The van der Waals surface area contributed by atoms with Gasteiger partial charge in [0.1, 0.15) is 11.7 Å². The zero-order valence-electron chi connectivity index (χ0n) is 14.0. The van der Waals surface area contributed by atoms with Crippen molar-refractivity contribution < 1.29 is 19.3 Å². The van der Waals surface area contributed by atoms with Gasteiger partial charge in [-0.05, 0) is 24.1 Å². The number of ether oxygens (including phenoxy) is 2. The van der Waals surface area contributed by atoms with E-state index in [9.17, 15) is 14.9 Å². The predicted molar refractivity (Wildman–Crippen MR) is 96.0 cm³/mol. The van der Waals surface area contributed by atoms with Crippen molar-refractivity contribution in [3.63, 3.8) is 0 Å². The summed E-state index contributed by atoms with van der Waals surface area (Å²) in [5.41, 5.74) is 0.827. The molecule has 2 fully saturated rings. The largest absolute Gasteiger partial charge is 0.444 e. The van der Waals surface area contributed by atoms with E-state index in [0.29, 0.717) is 32.8 Å². The van der Waals surface area contributed by atoms with Gasteiger partial charge in [0.15, 0.2) is 5.03 Å². The summed E-state index contributed by atoms with van der Waals surface area (Å²) in [5, 5.41) is 13.5. The zero-order valence-corrected chi connectivity index (χ0v) is 15.6. The molecule has 10 heteroatoms. The second kappa shape index (κ2) is 8.45. The second-order valence-corrected chi connectivity index (χ2v) is 7.06. The topological polar surface area (TPSA) is 97.5 Å². The molecule has 0 bridgehead atoms. The van der Waals surface area contributed by atoms with Gasteiger partial charge < -0.3 is 14.4 Å². The molecular weight excluding hydrogens is 408 g/mol. The van der Waals surface area contributed by atoms with Crippen molar-refractivity contribution in [1.29, 1.82) is 0 Å². The predicted octanol–water partition coefficient (Wildman–Crippen LogP) is 2.29. The average molecular weight is 427 g/mol. The van der Waals surface area contributed by atoms with Gasteiger partial charge in [0.25, 0.3) is 5.96 Å². The molecule has 0 radical (unpaired) electrons. The average Bonchev–Trinajstić information content (AvgIpc) is 3.25. The molecule has 3 rings (SSSR count). The van der Waals surface area contributed by atoms with E-state index in [2.05, 4.69) is 21.0 Å². The molecule has 9 nitrogen and oxygen atoms in total. The third-order valence-corrected chi connectivity index (χ3v) is 4.82. The van der Waals surface area contributed by atoms with Gasteiger partial charge in [0, 0.05) is 30.1 Å². The summed E-state index contributed by atoms with van der Waals surface area (Å²) in [6, 6.07) is 7.37. The fourth-order valence-corrected chi connectivity index (χ4v) is 3.23. The number of carbonyl (C=O) groups is 1. The maximum Gasteiger partial charge on any atom is 0.417 e. The van der Waals surface area contributed by atoms with Crippen molar-refractivity contribution in [2.75, 3.05) is 32.8 Å². The van der Waals surface area contributed by atoms with Crippen LogP contribution in [0.4, 0.5) is 4.79 Å². The van der Waals surface area contributed by atoms with Crippen LogP contribution in [0.3, 0.4) is 0 Å². The van der Waals surface area contributed by atoms with E-state index in [1.165, 1.54) is 4.90 Å².